The summed E-state index contributed by atoms with van der Waals surface area (Å²) in [6, 6.07) is 1.52. The van der Waals surface area contributed by atoms with Crippen LogP contribution in [0.15, 0.2) is 10.6 Å². The maximum Gasteiger partial charge on any atom is 0.273 e. The molecule has 1 N–H and O–H groups in total. The first-order valence-corrected chi connectivity index (χ1v) is 5.58. The van der Waals surface area contributed by atoms with Crippen molar-refractivity contribution in [3.63, 3.8) is 0 Å². The van der Waals surface area contributed by atoms with Crippen LogP contribution in [0.1, 0.15) is 16.2 Å². The van der Waals surface area contributed by atoms with E-state index in [0.717, 1.165) is 0 Å². The van der Waals surface area contributed by atoms with Crippen LogP contribution in [0.5, 0.6) is 0 Å². The number of alkyl halides is 1. The summed E-state index contributed by atoms with van der Waals surface area (Å²) in [5.41, 5.74) is 0.287. The monoisotopic (exact) mass is 276 g/mol. The Hall–Kier alpha value is -0.880. The van der Waals surface area contributed by atoms with Crippen molar-refractivity contribution in [2.24, 2.45) is 0 Å². The molecule has 1 aromatic heterocycles. The number of methoxy groups -OCH3 is 1. The Morgan fingerprint density at radius 1 is 1.80 bits per heavy atom. The molecule has 1 atom stereocenters. The number of hydrogen-bond acceptors (Lipinski definition) is 4. The molecule has 0 fully saturated rings. The van der Waals surface area contributed by atoms with Gasteiger partial charge in [-0.25, -0.2) is 0 Å². The van der Waals surface area contributed by atoms with Crippen molar-refractivity contribution >= 4 is 21.8 Å². The Bertz CT molecular complexity index is 327. The zero-order valence-corrected chi connectivity index (χ0v) is 10.2. The second-order valence-corrected chi connectivity index (χ2v) is 3.75. The number of nitrogens with one attached hydrogen (secondary N) is 1. The fraction of sp³-hybridized carbons (Fsp3) is 0.556. The largest absolute Gasteiger partial charge is 0.383 e. The van der Waals surface area contributed by atoms with Gasteiger partial charge in [0.15, 0.2) is 5.69 Å². The SMILES string of the molecule is COCC(CBr)NC(=O)c1cc(C)on1. The minimum absolute atomic E-state index is 0.0699. The lowest BCUT2D eigenvalue weighted by molar-refractivity contribution is 0.0899. The first kappa shape index (κ1) is 12.2. The van der Waals surface area contributed by atoms with E-state index in [1.807, 2.05) is 0 Å². The van der Waals surface area contributed by atoms with E-state index in [1.54, 1.807) is 20.1 Å². The van der Waals surface area contributed by atoms with E-state index >= 15 is 0 Å². The predicted molar refractivity (Wildman–Crippen MR) is 58.2 cm³/mol. The van der Waals surface area contributed by atoms with Gasteiger partial charge in [0.05, 0.1) is 12.6 Å². The van der Waals surface area contributed by atoms with Gasteiger partial charge in [0.25, 0.3) is 5.91 Å². The molecule has 0 spiro atoms. The molecule has 6 heteroatoms. The summed E-state index contributed by atoms with van der Waals surface area (Å²) in [4.78, 5) is 11.6. The number of ether oxygens (including phenoxy) is 1. The van der Waals surface area contributed by atoms with Gasteiger partial charge in [-0.3, -0.25) is 4.79 Å². The highest BCUT2D eigenvalue weighted by molar-refractivity contribution is 9.09. The van der Waals surface area contributed by atoms with E-state index in [0.29, 0.717) is 17.7 Å². The Kier molecular flexibility index (Phi) is 4.77. The van der Waals surface area contributed by atoms with Crippen molar-refractivity contribution in [3.8, 4) is 0 Å². The number of carbonyl (C=O) groups is 1. The highest BCUT2D eigenvalue weighted by atomic mass is 79.9. The molecule has 1 heterocycles. The third-order valence-corrected chi connectivity index (χ3v) is 2.53. The first-order valence-electron chi connectivity index (χ1n) is 4.46. The van der Waals surface area contributed by atoms with Crippen molar-refractivity contribution < 1.29 is 14.1 Å². The van der Waals surface area contributed by atoms with Crippen LogP contribution in [-0.2, 0) is 4.74 Å². The van der Waals surface area contributed by atoms with E-state index in [-0.39, 0.29) is 17.6 Å². The van der Waals surface area contributed by atoms with Crippen LogP contribution in [-0.4, -0.2) is 36.2 Å². The maximum atomic E-state index is 11.6. The number of aromatic nitrogens is 1. The molecule has 84 valence electrons. The second-order valence-electron chi connectivity index (χ2n) is 3.10. The topological polar surface area (TPSA) is 64.4 Å². The molecule has 0 aliphatic heterocycles. The van der Waals surface area contributed by atoms with Gasteiger partial charge in [-0.15, -0.1) is 0 Å². The molecule has 0 saturated heterocycles. The minimum atomic E-state index is -0.256. The van der Waals surface area contributed by atoms with E-state index in [4.69, 9.17) is 9.26 Å². The van der Waals surface area contributed by atoms with Crippen molar-refractivity contribution in [2.45, 2.75) is 13.0 Å². The van der Waals surface area contributed by atoms with E-state index in [2.05, 4.69) is 26.4 Å². The molecule has 1 amide bonds. The van der Waals surface area contributed by atoms with E-state index < -0.39 is 0 Å². The molecule has 0 aromatic carbocycles. The molecule has 5 nitrogen and oxygen atoms in total. The highest BCUT2D eigenvalue weighted by Crippen LogP contribution is 2.02. The fourth-order valence-electron chi connectivity index (χ4n) is 1.06. The molecular formula is C9H13BrN2O3. The number of rotatable bonds is 5. The van der Waals surface area contributed by atoms with Crippen LogP contribution in [0.3, 0.4) is 0 Å². The van der Waals surface area contributed by atoms with Gasteiger partial charge >= 0.3 is 0 Å². The fourth-order valence-corrected chi connectivity index (χ4v) is 1.41. The third kappa shape index (κ3) is 3.64. The molecule has 0 radical (unpaired) electrons. The lowest BCUT2D eigenvalue weighted by atomic mass is 10.3. The van der Waals surface area contributed by atoms with Crippen LogP contribution in [0.2, 0.25) is 0 Å². The van der Waals surface area contributed by atoms with Crippen molar-refractivity contribution in [2.75, 3.05) is 19.0 Å². The van der Waals surface area contributed by atoms with Gasteiger partial charge in [0.1, 0.15) is 5.76 Å². The highest BCUT2D eigenvalue weighted by Gasteiger charge is 2.15. The maximum absolute atomic E-state index is 11.6. The van der Waals surface area contributed by atoms with Crippen LogP contribution in [0, 0.1) is 6.92 Å². The molecule has 1 aromatic rings. The molecule has 0 saturated carbocycles. The number of carbonyl (C=O) groups excluding carboxylic acids is 1. The number of nitrogens with zero attached hydrogens (tertiary/aromatic N) is 1. The quantitative estimate of drug-likeness (QED) is 0.819. The van der Waals surface area contributed by atoms with Crippen LogP contribution < -0.4 is 5.32 Å². The lowest BCUT2D eigenvalue weighted by Crippen LogP contribution is -2.39. The summed E-state index contributed by atoms with van der Waals surface area (Å²) in [6.45, 7) is 2.19. The molecule has 1 rings (SSSR count). The van der Waals surface area contributed by atoms with E-state index in [9.17, 15) is 4.79 Å². The average molecular weight is 277 g/mol. The molecule has 0 aliphatic rings. The van der Waals surface area contributed by atoms with Gasteiger partial charge in [-0.2, -0.15) is 0 Å². The third-order valence-electron chi connectivity index (χ3n) is 1.75. The van der Waals surface area contributed by atoms with Gasteiger partial charge in [-0.05, 0) is 6.92 Å². The summed E-state index contributed by atoms with van der Waals surface area (Å²) < 4.78 is 9.76. The summed E-state index contributed by atoms with van der Waals surface area (Å²) in [7, 11) is 1.59. The number of amides is 1. The van der Waals surface area contributed by atoms with Crippen LogP contribution in [0.25, 0.3) is 0 Å². The standard InChI is InChI=1S/C9H13BrN2O3/c1-6-3-8(12-15-6)9(13)11-7(4-10)5-14-2/h3,7H,4-5H2,1-2H3,(H,11,13). The van der Waals surface area contributed by atoms with Gasteiger partial charge in [0, 0.05) is 18.5 Å². The van der Waals surface area contributed by atoms with Crippen LogP contribution >= 0.6 is 15.9 Å². The summed E-state index contributed by atoms with van der Waals surface area (Å²) >= 11 is 3.28. The van der Waals surface area contributed by atoms with Crippen molar-refractivity contribution in [3.05, 3.63) is 17.5 Å². The zero-order valence-electron chi connectivity index (χ0n) is 8.62. The number of halogens is 1. The predicted octanol–water partition coefficient (Wildman–Crippen LogP) is 1.12. The zero-order chi connectivity index (χ0) is 11.3. The second kappa shape index (κ2) is 5.87. The summed E-state index contributed by atoms with van der Waals surface area (Å²) in [6.07, 6.45) is 0. The first-order chi connectivity index (χ1) is 7.17. The van der Waals surface area contributed by atoms with Gasteiger partial charge in [0.2, 0.25) is 0 Å². The normalized spacial score (nSPS) is 12.5. The Balaban J connectivity index is 2.54. The smallest absolute Gasteiger partial charge is 0.273 e. The van der Waals surface area contributed by atoms with Gasteiger partial charge < -0.3 is 14.6 Å². The molecule has 0 bridgehead atoms. The molecule has 1 unspecified atom stereocenters. The van der Waals surface area contributed by atoms with Crippen molar-refractivity contribution in [1.82, 2.24) is 10.5 Å². The van der Waals surface area contributed by atoms with Gasteiger partial charge in [-0.1, -0.05) is 21.1 Å². The Morgan fingerprint density at radius 2 is 2.53 bits per heavy atom. The Labute approximate surface area is 96.3 Å². The summed E-state index contributed by atoms with van der Waals surface area (Å²) in [5, 5.41) is 7.01. The average Bonchev–Trinajstić information content (AvgIpc) is 2.64. The molecular weight excluding hydrogens is 264 g/mol. The van der Waals surface area contributed by atoms with E-state index in [1.165, 1.54) is 0 Å². The number of aryl methyl sites for hydroxylation is 1. The molecule has 15 heavy (non-hydrogen) atoms. The summed E-state index contributed by atoms with van der Waals surface area (Å²) in [5.74, 6) is 0.357. The minimum Gasteiger partial charge on any atom is -0.383 e. The lowest BCUT2D eigenvalue weighted by Gasteiger charge is -2.13. The van der Waals surface area contributed by atoms with Crippen LogP contribution in [0.4, 0.5) is 0 Å². The Morgan fingerprint density at radius 3 is 3.00 bits per heavy atom. The van der Waals surface area contributed by atoms with Crippen molar-refractivity contribution in [1.29, 1.82) is 0 Å². The molecule has 0 aliphatic carbocycles. The number of hydrogen-bond donors (Lipinski definition) is 1.